The number of thioether (sulfide) groups is 1. The first-order valence-electron chi connectivity index (χ1n) is 11.6. The summed E-state index contributed by atoms with van der Waals surface area (Å²) < 4.78 is 32.9. The van der Waals surface area contributed by atoms with Crippen LogP contribution in [0.25, 0.3) is 10.8 Å². The second-order valence-electron chi connectivity index (χ2n) is 9.17. The van der Waals surface area contributed by atoms with Gasteiger partial charge in [-0.3, -0.25) is 9.59 Å². The van der Waals surface area contributed by atoms with Crippen molar-refractivity contribution in [2.75, 3.05) is 38.5 Å². The second-order valence-corrected chi connectivity index (χ2v) is 12.6. The second kappa shape index (κ2) is 9.11. The molecule has 0 spiro atoms. The molecule has 3 aliphatic heterocycles. The Kier molecular flexibility index (Phi) is 6.27. The summed E-state index contributed by atoms with van der Waals surface area (Å²) in [6, 6.07) is 12.0. The molecule has 2 amide bonds. The van der Waals surface area contributed by atoms with Crippen molar-refractivity contribution in [3.63, 3.8) is 0 Å². The van der Waals surface area contributed by atoms with Crippen LogP contribution in [0.3, 0.4) is 0 Å². The van der Waals surface area contributed by atoms with Crippen LogP contribution in [0.5, 0.6) is 0 Å². The zero-order valence-corrected chi connectivity index (χ0v) is 21.0. The Balaban J connectivity index is 1.15. The van der Waals surface area contributed by atoms with Gasteiger partial charge in [0.25, 0.3) is 5.91 Å². The van der Waals surface area contributed by atoms with E-state index in [4.69, 9.17) is 4.74 Å². The topological polar surface area (TPSA) is 104 Å². The van der Waals surface area contributed by atoms with Crippen molar-refractivity contribution in [1.82, 2.24) is 14.1 Å². The Hall–Kier alpha value is -2.63. The molecule has 0 bridgehead atoms. The van der Waals surface area contributed by atoms with Gasteiger partial charge in [-0.25, -0.2) is 13.2 Å². The fraction of sp³-hybridized carbons (Fsp3) is 0.458. The van der Waals surface area contributed by atoms with Gasteiger partial charge in [-0.05, 0) is 36.2 Å². The molecule has 0 N–H and O–H groups in total. The van der Waals surface area contributed by atoms with Crippen LogP contribution >= 0.6 is 11.8 Å². The van der Waals surface area contributed by atoms with Crippen molar-refractivity contribution in [3.05, 3.63) is 42.5 Å². The summed E-state index contributed by atoms with van der Waals surface area (Å²) >= 11 is 1.57. The molecular weight excluding hydrogens is 490 g/mol. The molecule has 0 saturated carbocycles. The van der Waals surface area contributed by atoms with Crippen LogP contribution in [0.1, 0.15) is 19.8 Å². The molecule has 3 fully saturated rings. The zero-order valence-electron chi connectivity index (χ0n) is 19.4. The van der Waals surface area contributed by atoms with Gasteiger partial charge in [0.05, 0.1) is 9.77 Å². The summed E-state index contributed by atoms with van der Waals surface area (Å²) in [4.78, 5) is 40.4. The highest BCUT2D eigenvalue weighted by Crippen LogP contribution is 2.47. The van der Waals surface area contributed by atoms with E-state index in [2.05, 4.69) is 0 Å². The molecule has 0 aliphatic carbocycles. The van der Waals surface area contributed by atoms with E-state index in [9.17, 15) is 22.8 Å². The van der Waals surface area contributed by atoms with Crippen LogP contribution in [0, 0.1) is 0 Å². The van der Waals surface area contributed by atoms with Crippen LogP contribution in [-0.2, 0) is 29.1 Å². The van der Waals surface area contributed by atoms with Crippen molar-refractivity contribution >= 4 is 50.3 Å². The number of hydrogen-bond acceptors (Lipinski definition) is 7. The van der Waals surface area contributed by atoms with E-state index in [0.29, 0.717) is 18.6 Å². The Morgan fingerprint density at radius 3 is 2.54 bits per heavy atom. The van der Waals surface area contributed by atoms with Crippen molar-refractivity contribution in [3.8, 4) is 0 Å². The Morgan fingerprint density at radius 2 is 1.80 bits per heavy atom. The Morgan fingerprint density at radius 1 is 1.09 bits per heavy atom. The van der Waals surface area contributed by atoms with Gasteiger partial charge in [-0.15, -0.1) is 11.8 Å². The summed E-state index contributed by atoms with van der Waals surface area (Å²) in [7, 11) is -3.69. The highest BCUT2D eigenvalue weighted by molar-refractivity contribution is 8.01. The molecule has 11 heteroatoms. The first-order valence-corrected chi connectivity index (χ1v) is 14.0. The highest BCUT2D eigenvalue weighted by Gasteiger charge is 2.53. The third kappa shape index (κ3) is 4.41. The largest absolute Gasteiger partial charge is 0.454 e. The van der Waals surface area contributed by atoms with Gasteiger partial charge in [0, 0.05) is 38.4 Å². The summed E-state index contributed by atoms with van der Waals surface area (Å²) in [5.74, 6) is -0.542. The summed E-state index contributed by atoms with van der Waals surface area (Å²) in [6.45, 7) is 2.28. The lowest BCUT2D eigenvalue weighted by Crippen LogP contribution is -2.52. The maximum atomic E-state index is 13.1. The lowest BCUT2D eigenvalue weighted by molar-refractivity contribution is -0.158. The minimum atomic E-state index is -3.69. The number of carbonyl (C=O) groups is 3. The molecule has 5 rings (SSSR count). The fourth-order valence-corrected chi connectivity index (χ4v) is 7.84. The number of esters is 1. The van der Waals surface area contributed by atoms with Gasteiger partial charge in [0.1, 0.15) is 6.04 Å². The van der Waals surface area contributed by atoms with E-state index in [0.717, 1.165) is 10.8 Å². The molecule has 3 aliphatic rings. The first kappa shape index (κ1) is 24.1. The lowest BCUT2D eigenvalue weighted by Gasteiger charge is -2.34. The van der Waals surface area contributed by atoms with Crippen molar-refractivity contribution in [1.29, 1.82) is 0 Å². The minimum absolute atomic E-state index is 0.0606. The van der Waals surface area contributed by atoms with Gasteiger partial charge < -0.3 is 14.5 Å². The molecule has 0 aromatic heterocycles. The molecule has 3 saturated heterocycles. The number of hydrogen-bond donors (Lipinski definition) is 0. The molecule has 35 heavy (non-hydrogen) atoms. The van der Waals surface area contributed by atoms with Gasteiger partial charge in [-0.2, -0.15) is 4.31 Å². The number of amides is 2. The van der Waals surface area contributed by atoms with E-state index in [1.54, 1.807) is 34.9 Å². The van der Waals surface area contributed by atoms with Crippen LogP contribution in [0.15, 0.2) is 47.4 Å². The minimum Gasteiger partial charge on any atom is -0.454 e. The maximum absolute atomic E-state index is 13.1. The van der Waals surface area contributed by atoms with E-state index in [1.165, 1.54) is 9.21 Å². The van der Waals surface area contributed by atoms with E-state index < -0.39 is 28.6 Å². The smallest absolute Gasteiger partial charge is 0.330 e. The first-order chi connectivity index (χ1) is 16.7. The number of piperazine rings is 1. The van der Waals surface area contributed by atoms with Gasteiger partial charge in [-0.1, -0.05) is 30.3 Å². The van der Waals surface area contributed by atoms with E-state index >= 15 is 0 Å². The van der Waals surface area contributed by atoms with Crippen LogP contribution in [0.2, 0.25) is 0 Å². The molecule has 2 aromatic rings. The third-order valence-corrected chi connectivity index (χ3v) is 10.4. The van der Waals surface area contributed by atoms with E-state index in [-0.39, 0.29) is 47.8 Å². The maximum Gasteiger partial charge on any atom is 0.330 e. The number of ether oxygens (including phenoxy) is 1. The standard InChI is InChI=1S/C24H27N3O6S2/c1-24-9-8-21(28)27(24)20(16-34-24)23(30)33-15-22(29)25-10-12-26(13-11-25)35(31,32)19-7-6-17-4-2-3-5-18(17)14-19/h2-7,14,20H,8-13,15-16H2,1H3. The fourth-order valence-electron chi connectivity index (χ4n) is 4.97. The van der Waals surface area contributed by atoms with Gasteiger partial charge >= 0.3 is 5.97 Å². The van der Waals surface area contributed by atoms with Crippen LogP contribution in [0.4, 0.5) is 0 Å². The average molecular weight is 518 g/mol. The number of fused-ring (bicyclic) bond motifs is 2. The molecule has 186 valence electrons. The number of carbonyl (C=O) groups excluding carboxylic acids is 3. The number of nitrogens with zero attached hydrogens (tertiary/aromatic N) is 3. The normalized spacial score (nSPS) is 25.2. The quantitative estimate of drug-likeness (QED) is 0.556. The van der Waals surface area contributed by atoms with E-state index in [1.807, 2.05) is 31.2 Å². The molecule has 3 heterocycles. The van der Waals surface area contributed by atoms with Crippen LogP contribution in [-0.4, -0.2) is 89.8 Å². The van der Waals surface area contributed by atoms with Gasteiger partial charge in [0.2, 0.25) is 15.9 Å². The summed E-state index contributed by atoms with van der Waals surface area (Å²) in [6.07, 6.45) is 1.12. The Labute approximate surface area is 208 Å². The summed E-state index contributed by atoms with van der Waals surface area (Å²) in [5, 5.41) is 1.81. The molecule has 2 aromatic carbocycles. The molecule has 9 nitrogen and oxygen atoms in total. The molecule has 0 radical (unpaired) electrons. The lowest BCUT2D eigenvalue weighted by atomic mass is 10.1. The monoisotopic (exact) mass is 517 g/mol. The molecule has 2 atom stereocenters. The van der Waals surface area contributed by atoms with Crippen molar-refractivity contribution < 1.29 is 27.5 Å². The number of sulfonamides is 1. The third-order valence-electron chi connectivity index (χ3n) is 7.00. The average Bonchev–Trinajstić information content (AvgIpc) is 3.37. The van der Waals surface area contributed by atoms with Crippen molar-refractivity contribution in [2.45, 2.75) is 35.6 Å². The number of rotatable bonds is 5. The highest BCUT2D eigenvalue weighted by atomic mass is 32.2. The van der Waals surface area contributed by atoms with Crippen molar-refractivity contribution in [2.24, 2.45) is 0 Å². The predicted molar refractivity (Wildman–Crippen MR) is 131 cm³/mol. The zero-order chi connectivity index (χ0) is 24.8. The SMILES string of the molecule is CC12CCC(=O)N1C(C(=O)OCC(=O)N1CCN(S(=O)(=O)c3ccc4ccccc4c3)CC1)CS2. The number of benzene rings is 2. The molecule has 2 unspecified atom stereocenters. The van der Waals surface area contributed by atoms with Crippen LogP contribution < -0.4 is 0 Å². The molecular formula is C24H27N3O6S2. The summed E-state index contributed by atoms with van der Waals surface area (Å²) in [5.41, 5.74) is 0. The Bertz CT molecular complexity index is 1290. The van der Waals surface area contributed by atoms with Gasteiger partial charge in [0.15, 0.2) is 6.61 Å². The predicted octanol–water partition coefficient (Wildman–Crippen LogP) is 1.67.